The number of halogens is 2. The van der Waals surface area contributed by atoms with Crippen LogP contribution in [0.4, 0.5) is 20.6 Å². The molecule has 3 aromatic carbocycles. The second-order valence-electron chi connectivity index (χ2n) is 7.35. The number of anilines is 2. The number of nitrogens with zero attached hydrogens (tertiary/aromatic N) is 2. The lowest BCUT2D eigenvalue weighted by atomic mass is 10.1. The number of nitrogens with one attached hydrogen (secondary N) is 1. The van der Waals surface area contributed by atoms with Crippen LogP contribution in [0, 0.1) is 5.82 Å². The van der Waals surface area contributed by atoms with Crippen LogP contribution in [0.1, 0.15) is 22.3 Å². The molecule has 5 nitrogen and oxygen atoms in total. The molecule has 0 saturated carbocycles. The molecule has 0 bridgehead atoms. The molecule has 158 valence electrons. The number of carbonyl (C=O) groups excluding carboxylic acids is 2. The lowest BCUT2D eigenvalue weighted by molar-refractivity contribution is 0.102. The Morgan fingerprint density at radius 2 is 1.77 bits per heavy atom. The summed E-state index contributed by atoms with van der Waals surface area (Å²) in [5.74, 6) is -0.858. The summed E-state index contributed by atoms with van der Waals surface area (Å²) in [6.07, 6.45) is 0.852. The summed E-state index contributed by atoms with van der Waals surface area (Å²) < 4.78 is 13.3. The SMILES string of the molecule is O=C(Nc1ccc(N2CCCN(Cc3cccc(Cl)c3)C2=O)cc1)c1cccc(F)c1. The van der Waals surface area contributed by atoms with Gasteiger partial charge in [-0.05, 0) is 66.6 Å². The summed E-state index contributed by atoms with van der Waals surface area (Å²) in [6, 6.07) is 20.0. The second kappa shape index (κ2) is 9.18. The third-order valence-electron chi connectivity index (χ3n) is 5.10. The lowest BCUT2D eigenvalue weighted by Crippen LogP contribution is -2.49. The summed E-state index contributed by atoms with van der Waals surface area (Å²) in [7, 11) is 0. The van der Waals surface area contributed by atoms with Crippen LogP contribution in [0.15, 0.2) is 72.8 Å². The average Bonchev–Trinajstić information content (AvgIpc) is 2.76. The minimum Gasteiger partial charge on any atom is -0.322 e. The lowest BCUT2D eigenvalue weighted by Gasteiger charge is -2.35. The highest BCUT2D eigenvalue weighted by Gasteiger charge is 2.26. The van der Waals surface area contributed by atoms with Crippen molar-refractivity contribution in [3.8, 4) is 0 Å². The Balaban J connectivity index is 1.43. The van der Waals surface area contributed by atoms with Gasteiger partial charge >= 0.3 is 6.03 Å². The van der Waals surface area contributed by atoms with Crippen LogP contribution >= 0.6 is 11.6 Å². The van der Waals surface area contributed by atoms with Crippen molar-refractivity contribution in [1.82, 2.24) is 4.90 Å². The number of urea groups is 1. The van der Waals surface area contributed by atoms with Gasteiger partial charge in [0, 0.05) is 41.6 Å². The highest BCUT2D eigenvalue weighted by molar-refractivity contribution is 6.30. The smallest absolute Gasteiger partial charge is 0.322 e. The Bertz CT molecular complexity index is 1100. The number of benzene rings is 3. The summed E-state index contributed by atoms with van der Waals surface area (Å²) >= 11 is 6.06. The first-order valence-corrected chi connectivity index (χ1v) is 10.4. The van der Waals surface area contributed by atoms with Crippen molar-refractivity contribution in [2.45, 2.75) is 13.0 Å². The van der Waals surface area contributed by atoms with Gasteiger partial charge in [0.2, 0.25) is 0 Å². The van der Waals surface area contributed by atoms with Crippen molar-refractivity contribution >= 4 is 34.9 Å². The molecule has 1 saturated heterocycles. The Morgan fingerprint density at radius 1 is 1.00 bits per heavy atom. The van der Waals surface area contributed by atoms with Crippen molar-refractivity contribution in [2.75, 3.05) is 23.3 Å². The van der Waals surface area contributed by atoms with Crippen molar-refractivity contribution in [2.24, 2.45) is 0 Å². The predicted molar refractivity (Wildman–Crippen MR) is 120 cm³/mol. The molecule has 1 heterocycles. The van der Waals surface area contributed by atoms with Gasteiger partial charge in [0.15, 0.2) is 0 Å². The molecule has 0 spiro atoms. The molecule has 1 N–H and O–H groups in total. The third kappa shape index (κ3) is 5.03. The molecule has 0 radical (unpaired) electrons. The van der Waals surface area contributed by atoms with E-state index >= 15 is 0 Å². The molecular weight excluding hydrogens is 417 g/mol. The fourth-order valence-electron chi connectivity index (χ4n) is 3.58. The first-order valence-electron chi connectivity index (χ1n) is 9.97. The number of carbonyl (C=O) groups is 2. The molecule has 7 heteroatoms. The minimum atomic E-state index is -0.464. The molecule has 0 aliphatic carbocycles. The van der Waals surface area contributed by atoms with Crippen molar-refractivity contribution in [1.29, 1.82) is 0 Å². The Labute approximate surface area is 185 Å². The average molecular weight is 438 g/mol. The van der Waals surface area contributed by atoms with Gasteiger partial charge in [-0.1, -0.05) is 29.8 Å². The number of rotatable bonds is 5. The molecule has 0 unspecified atom stereocenters. The van der Waals surface area contributed by atoms with E-state index in [-0.39, 0.29) is 11.6 Å². The van der Waals surface area contributed by atoms with Crippen molar-refractivity contribution in [3.63, 3.8) is 0 Å². The zero-order valence-corrected chi connectivity index (χ0v) is 17.5. The summed E-state index contributed by atoms with van der Waals surface area (Å²) in [5, 5.41) is 3.39. The molecule has 3 aromatic rings. The molecule has 0 aromatic heterocycles. The molecule has 3 amide bonds. The maximum Gasteiger partial charge on any atom is 0.324 e. The van der Waals surface area contributed by atoms with E-state index in [9.17, 15) is 14.0 Å². The first kappa shape index (κ1) is 20.9. The standard InChI is InChI=1S/C24H21ClFN3O2/c25-19-6-1-4-17(14-19)16-28-12-3-13-29(24(28)31)22-10-8-21(9-11-22)27-23(30)18-5-2-7-20(26)15-18/h1-2,4-11,14-15H,3,12-13,16H2,(H,27,30). The molecular formula is C24H21ClFN3O2. The largest absolute Gasteiger partial charge is 0.324 e. The zero-order valence-electron chi connectivity index (χ0n) is 16.7. The summed E-state index contributed by atoms with van der Waals surface area (Å²) in [5.41, 5.74) is 2.55. The van der Waals surface area contributed by atoms with E-state index < -0.39 is 11.7 Å². The van der Waals surface area contributed by atoms with Gasteiger partial charge in [0.05, 0.1) is 0 Å². The fourth-order valence-corrected chi connectivity index (χ4v) is 3.79. The van der Waals surface area contributed by atoms with Crippen LogP contribution in [0.5, 0.6) is 0 Å². The van der Waals surface area contributed by atoms with E-state index in [1.54, 1.807) is 40.1 Å². The Hall–Kier alpha value is -3.38. The summed E-state index contributed by atoms with van der Waals surface area (Å²) in [6.45, 7) is 1.81. The third-order valence-corrected chi connectivity index (χ3v) is 5.33. The van der Waals surface area contributed by atoms with E-state index in [0.717, 1.165) is 17.7 Å². The van der Waals surface area contributed by atoms with E-state index in [0.29, 0.717) is 30.3 Å². The zero-order chi connectivity index (χ0) is 21.8. The monoisotopic (exact) mass is 437 g/mol. The van der Waals surface area contributed by atoms with Crippen LogP contribution in [-0.4, -0.2) is 29.9 Å². The molecule has 1 aliphatic rings. The van der Waals surface area contributed by atoms with Crippen LogP contribution in [0.25, 0.3) is 0 Å². The molecule has 1 fully saturated rings. The summed E-state index contributed by atoms with van der Waals surface area (Å²) in [4.78, 5) is 28.8. The number of amides is 3. The minimum absolute atomic E-state index is 0.0669. The topological polar surface area (TPSA) is 52.7 Å². The van der Waals surface area contributed by atoms with E-state index in [1.807, 2.05) is 24.3 Å². The predicted octanol–water partition coefficient (Wildman–Crippen LogP) is 5.56. The first-order chi connectivity index (χ1) is 15.0. The van der Waals surface area contributed by atoms with Gasteiger partial charge in [0.25, 0.3) is 5.91 Å². The van der Waals surface area contributed by atoms with Crippen molar-refractivity contribution in [3.05, 3.63) is 94.8 Å². The van der Waals surface area contributed by atoms with Crippen LogP contribution < -0.4 is 10.2 Å². The quantitative estimate of drug-likeness (QED) is 0.567. The highest BCUT2D eigenvalue weighted by atomic mass is 35.5. The van der Waals surface area contributed by atoms with Gasteiger partial charge < -0.3 is 10.2 Å². The van der Waals surface area contributed by atoms with Crippen LogP contribution in [-0.2, 0) is 6.54 Å². The van der Waals surface area contributed by atoms with Crippen LogP contribution in [0.3, 0.4) is 0 Å². The van der Waals surface area contributed by atoms with Gasteiger partial charge in [-0.25, -0.2) is 9.18 Å². The highest BCUT2D eigenvalue weighted by Crippen LogP contribution is 2.24. The Kier molecular flexibility index (Phi) is 6.18. The van der Waals surface area contributed by atoms with Gasteiger partial charge in [-0.2, -0.15) is 0 Å². The van der Waals surface area contributed by atoms with Crippen LogP contribution in [0.2, 0.25) is 5.02 Å². The van der Waals surface area contributed by atoms with E-state index in [4.69, 9.17) is 11.6 Å². The molecule has 1 aliphatic heterocycles. The maximum atomic E-state index is 13.3. The molecule has 4 rings (SSSR count). The van der Waals surface area contributed by atoms with E-state index in [2.05, 4.69) is 5.32 Å². The number of hydrogen-bond acceptors (Lipinski definition) is 2. The maximum absolute atomic E-state index is 13.3. The fraction of sp³-hybridized carbons (Fsp3) is 0.167. The number of hydrogen-bond donors (Lipinski definition) is 1. The second-order valence-corrected chi connectivity index (χ2v) is 7.79. The normalized spacial score (nSPS) is 13.9. The Morgan fingerprint density at radius 3 is 2.52 bits per heavy atom. The molecule has 0 atom stereocenters. The molecule has 31 heavy (non-hydrogen) atoms. The van der Waals surface area contributed by atoms with Crippen molar-refractivity contribution < 1.29 is 14.0 Å². The van der Waals surface area contributed by atoms with E-state index in [1.165, 1.54) is 18.2 Å². The van der Waals surface area contributed by atoms with Gasteiger partial charge in [-0.3, -0.25) is 9.69 Å². The van der Waals surface area contributed by atoms with Gasteiger partial charge in [-0.15, -0.1) is 0 Å². The van der Waals surface area contributed by atoms with Gasteiger partial charge in [0.1, 0.15) is 5.82 Å².